The van der Waals surface area contributed by atoms with Crippen LogP contribution < -0.4 is 10.6 Å². The van der Waals surface area contributed by atoms with Crippen molar-refractivity contribution >= 4 is 34.6 Å². The van der Waals surface area contributed by atoms with Gasteiger partial charge in [-0.1, -0.05) is 29.8 Å². The van der Waals surface area contributed by atoms with E-state index in [0.29, 0.717) is 0 Å². The molecule has 110 valence electrons. The lowest BCUT2D eigenvalue weighted by Gasteiger charge is -2.10. The second kappa shape index (κ2) is 6.45. The molecule has 2 aromatic carbocycles. The molecule has 3 rings (SSSR count). The highest BCUT2D eigenvalue weighted by atomic mass is 35.5. The normalized spacial score (nSPS) is 10.3. The summed E-state index contributed by atoms with van der Waals surface area (Å²) in [7, 11) is 0. The summed E-state index contributed by atoms with van der Waals surface area (Å²) in [6, 6.07) is 17.4. The molecule has 0 saturated heterocycles. The zero-order valence-electron chi connectivity index (χ0n) is 12.0. The molecule has 0 spiro atoms. The van der Waals surface area contributed by atoms with Crippen LogP contribution in [0.4, 0.5) is 23.0 Å². The summed E-state index contributed by atoms with van der Waals surface area (Å²) >= 11 is 5.97. The average molecular weight is 311 g/mol. The largest absolute Gasteiger partial charge is 0.340 e. The minimum absolute atomic E-state index is 0.720. The van der Waals surface area contributed by atoms with Gasteiger partial charge in [-0.3, -0.25) is 0 Å². The summed E-state index contributed by atoms with van der Waals surface area (Å²) in [5.74, 6) is 1.45. The molecule has 0 bridgehead atoms. The molecule has 4 nitrogen and oxygen atoms in total. The number of hydrogen-bond acceptors (Lipinski definition) is 4. The molecule has 1 aromatic heterocycles. The van der Waals surface area contributed by atoms with Crippen LogP contribution in [0.15, 0.2) is 60.9 Å². The van der Waals surface area contributed by atoms with Gasteiger partial charge in [0.05, 0.1) is 0 Å². The number of nitrogens with one attached hydrogen (secondary N) is 2. The first-order chi connectivity index (χ1) is 10.7. The second-order valence-electron chi connectivity index (χ2n) is 4.86. The van der Waals surface area contributed by atoms with E-state index in [-0.39, 0.29) is 0 Å². The Kier molecular flexibility index (Phi) is 4.21. The van der Waals surface area contributed by atoms with Crippen LogP contribution in [0.1, 0.15) is 5.56 Å². The van der Waals surface area contributed by atoms with Crippen molar-refractivity contribution in [3.8, 4) is 0 Å². The Balaban J connectivity index is 1.79. The van der Waals surface area contributed by atoms with E-state index in [1.165, 1.54) is 6.33 Å². The summed E-state index contributed by atoms with van der Waals surface area (Å²) in [4.78, 5) is 8.47. The Labute approximate surface area is 134 Å². The summed E-state index contributed by atoms with van der Waals surface area (Å²) in [5.41, 5.74) is 3.01. The van der Waals surface area contributed by atoms with Crippen molar-refractivity contribution in [1.29, 1.82) is 0 Å². The molecule has 0 fully saturated rings. The molecule has 0 amide bonds. The molecule has 2 N–H and O–H groups in total. The van der Waals surface area contributed by atoms with Gasteiger partial charge in [-0.25, -0.2) is 9.97 Å². The van der Waals surface area contributed by atoms with Gasteiger partial charge in [0.2, 0.25) is 0 Å². The zero-order chi connectivity index (χ0) is 15.4. The third-order valence-corrected chi connectivity index (χ3v) is 3.40. The number of halogens is 1. The Bertz CT molecular complexity index is 775. The molecular weight excluding hydrogens is 296 g/mol. The van der Waals surface area contributed by atoms with Crippen molar-refractivity contribution in [2.75, 3.05) is 10.6 Å². The van der Waals surface area contributed by atoms with Gasteiger partial charge in [-0.15, -0.1) is 0 Å². The third-order valence-electron chi connectivity index (χ3n) is 3.16. The maximum Gasteiger partial charge on any atom is 0.135 e. The lowest BCUT2D eigenvalue weighted by atomic mass is 10.2. The van der Waals surface area contributed by atoms with Crippen molar-refractivity contribution in [1.82, 2.24) is 9.97 Å². The third kappa shape index (κ3) is 3.54. The summed E-state index contributed by atoms with van der Waals surface area (Å²) in [6.45, 7) is 2.00. The van der Waals surface area contributed by atoms with Gasteiger partial charge in [0.15, 0.2) is 0 Å². The lowest BCUT2D eigenvalue weighted by molar-refractivity contribution is 1.16. The highest BCUT2D eigenvalue weighted by Gasteiger charge is 2.03. The summed E-state index contributed by atoms with van der Waals surface area (Å²) in [6.07, 6.45) is 1.53. The maximum absolute atomic E-state index is 5.97. The number of anilines is 4. The van der Waals surface area contributed by atoms with Gasteiger partial charge in [-0.2, -0.15) is 0 Å². The van der Waals surface area contributed by atoms with Crippen LogP contribution in [0.2, 0.25) is 5.02 Å². The number of nitrogens with zero attached hydrogens (tertiary/aromatic N) is 2. The standard InChI is InChI=1S/C17H15ClN4/c1-12-9-13(18)7-8-15(12)22-17-10-16(19-11-20-17)21-14-5-3-2-4-6-14/h2-11H,1H3,(H2,19,20,21,22). The van der Waals surface area contributed by atoms with Crippen LogP contribution in [0, 0.1) is 6.92 Å². The van der Waals surface area contributed by atoms with Crippen LogP contribution in [-0.2, 0) is 0 Å². The molecule has 0 saturated carbocycles. The molecular formula is C17H15ClN4. The number of benzene rings is 2. The van der Waals surface area contributed by atoms with Crippen LogP contribution in [0.5, 0.6) is 0 Å². The van der Waals surface area contributed by atoms with E-state index in [1.54, 1.807) is 0 Å². The number of rotatable bonds is 4. The van der Waals surface area contributed by atoms with Crippen molar-refractivity contribution in [2.24, 2.45) is 0 Å². The summed E-state index contributed by atoms with van der Waals surface area (Å²) < 4.78 is 0. The van der Waals surface area contributed by atoms with Crippen molar-refractivity contribution in [3.05, 3.63) is 71.5 Å². The fraction of sp³-hybridized carbons (Fsp3) is 0.0588. The van der Waals surface area contributed by atoms with Crippen LogP contribution in [-0.4, -0.2) is 9.97 Å². The molecule has 0 aliphatic rings. The van der Waals surface area contributed by atoms with Crippen molar-refractivity contribution in [3.63, 3.8) is 0 Å². The Hall–Kier alpha value is -2.59. The Morgan fingerprint density at radius 1 is 0.864 bits per heavy atom. The predicted octanol–water partition coefficient (Wildman–Crippen LogP) is 4.93. The molecule has 0 unspecified atom stereocenters. The van der Waals surface area contributed by atoms with Gasteiger partial charge in [0.1, 0.15) is 18.0 Å². The molecule has 0 aliphatic carbocycles. The minimum atomic E-state index is 0.720. The monoisotopic (exact) mass is 310 g/mol. The molecule has 3 aromatic rings. The van der Waals surface area contributed by atoms with E-state index in [0.717, 1.165) is 33.6 Å². The number of aryl methyl sites for hydroxylation is 1. The first-order valence-electron chi connectivity index (χ1n) is 6.88. The molecule has 0 radical (unpaired) electrons. The number of para-hydroxylation sites is 1. The van der Waals surface area contributed by atoms with E-state index in [9.17, 15) is 0 Å². The van der Waals surface area contributed by atoms with E-state index in [1.807, 2.05) is 61.5 Å². The van der Waals surface area contributed by atoms with E-state index in [4.69, 9.17) is 11.6 Å². The van der Waals surface area contributed by atoms with E-state index >= 15 is 0 Å². The smallest absolute Gasteiger partial charge is 0.135 e. The van der Waals surface area contributed by atoms with Crippen LogP contribution in [0.25, 0.3) is 0 Å². The lowest BCUT2D eigenvalue weighted by Crippen LogP contribution is -1.99. The van der Waals surface area contributed by atoms with Gasteiger partial charge in [0.25, 0.3) is 0 Å². The molecule has 5 heteroatoms. The van der Waals surface area contributed by atoms with Crippen molar-refractivity contribution < 1.29 is 0 Å². The van der Waals surface area contributed by atoms with Crippen molar-refractivity contribution in [2.45, 2.75) is 6.92 Å². The fourth-order valence-electron chi connectivity index (χ4n) is 2.07. The predicted molar refractivity (Wildman–Crippen MR) is 91.2 cm³/mol. The van der Waals surface area contributed by atoms with Gasteiger partial charge >= 0.3 is 0 Å². The Morgan fingerprint density at radius 2 is 1.59 bits per heavy atom. The molecule has 22 heavy (non-hydrogen) atoms. The van der Waals surface area contributed by atoms with E-state index < -0.39 is 0 Å². The second-order valence-corrected chi connectivity index (χ2v) is 5.30. The molecule has 1 heterocycles. The first kappa shape index (κ1) is 14.4. The zero-order valence-corrected chi connectivity index (χ0v) is 12.8. The van der Waals surface area contributed by atoms with Crippen LogP contribution >= 0.6 is 11.6 Å². The van der Waals surface area contributed by atoms with Gasteiger partial charge in [-0.05, 0) is 42.8 Å². The summed E-state index contributed by atoms with van der Waals surface area (Å²) in [5, 5.41) is 7.24. The quantitative estimate of drug-likeness (QED) is 0.717. The highest BCUT2D eigenvalue weighted by Crippen LogP contribution is 2.24. The Morgan fingerprint density at radius 3 is 2.32 bits per heavy atom. The maximum atomic E-state index is 5.97. The van der Waals surface area contributed by atoms with Crippen LogP contribution in [0.3, 0.4) is 0 Å². The topological polar surface area (TPSA) is 49.8 Å². The fourth-order valence-corrected chi connectivity index (χ4v) is 2.30. The number of aromatic nitrogens is 2. The molecule has 0 atom stereocenters. The first-order valence-corrected chi connectivity index (χ1v) is 7.26. The van der Waals surface area contributed by atoms with E-state index in [2.05, 4.69) is 20.6 Å². The minimum Gasteiger partial charge on any atom is -0.340 e. The molecule has 0 aliphatic heterocycles. The average Bonchev–Trinajstić information content (AvgIpc) is 2.52. The number of hydrogen-bond donors (Lipinski definition) is 2. The highest BCUT2D eigenvalue weighted by molar-refractivity contribution is 6.30. The van der Waals surface area contributed by atoms with Gasteiger partial charge in [0, 0.05) is 22.5 Å². The SMILES string of the molecule is Cc1cc(Cl)ccc1Nc1cc(Nc2ccccc2)ncn1. The van der Waals surface area contributed by atoms with Gasteiger partial charge < -0.3 is 10.6 Å².